The van der Waals surface area contributed by atoms with E-state index in [1.54, 1.807) is 0 Å². The Balaban J connectivity index is 2.21. The first kappa shape index (κ1) is 17.5. The van der Waals surface area contributed by atoms with Crippen molar-refractivity contribution in [2.45, 2.75) is 17.2 Å². The van der Waals surface area contributed by atoms with Gasteiger partial charge in [-0.1, -0.05) is 11.6 Å². The Hall–Kier alpha value is -0.870. The highest BCUT2D eigenvalue weighted by atomic mass is 35.5. The number of ether oxygens (including phenoxy) is 1. The van der Waals surface area contributed by atoms with Crippen molar-refractivity contribution in [2.24, 2.45) is 0 Å². The minimum absolute atomic E-state index is 0.116. The maximum atomic E-state index is 13.0. The van der Waals surface area contributed by atoms with Crippen LogP contribution in [-0.2, 0) is 20.9 Å². The van der Waals surface area contributed by atoms with Crippen LogP contribution in [0.4, 0.5) is 13.2 Å². The second-order valence-corrected chi connectivity index (χ2v) is 6.86. The average Bonchev–Trinajstić information content (AvgIpc) is 2.45. The molecule has 22 heavy (non-hydrogen) atoms. The molecule has 2 rings (SSSR count). The summed E-state index contributed by atoms with van der Waals surface area (Å²) in [5, 5.41) is 2.81. The van der Waals surface area contributed by atoms with Crippen LogP contribution in [0.3, 0.4) is 0 Å². The molecule has 1 aromatic carbocycles. The number of hydrogen-bond donors (Lipinski definition) is 2. The molecule has 0 saturated carbocycles. The van der Waals surface area contributed by atoms with E-state index in [4.69, 9.17) is 16.3 Å². The van der Waals surface area contributed by atoms with Crippen LogP contribution in [0.5, 0.6) is 0 Å². The van der Waals surface area contributed by atoms with Gasteiger partial charge in [-0.3, -0.25) is 0 Å². The Morgan fingerprint density at radius 3 is 2.73 bits per heavy atom. The van der Waals surface area contributed by atoms with Crippen molar-refractivity contribution in [2.75, 3.05) is 26.2 Å². The molecule has 1 unspecified atom stereocenters. The van der Waals surface area contributed by atoms with Crippen LogP contribution in [-0.4, -0.2) is 40.8 Å². The summed E-state index contributed by atoms with van der Waals surface area (Å²) >= 11 is 5.53. The van der Waals surface area contributed by atoms with Crippen molar-refractivity contribution in [1.82, 2.24) is 10.0 Å². The quantitative estimate of drug-likeness (QED) is 0.858. The Morgan fingerprint density at radius 2 is 2.14 bits per heavy atom. The third kappa shape index (κ3) is 4.32. The molecule has 0 bridgehead atoms. The fourth-order valence-corrected chi connectivity index (χ4v) is 3.43. The molecule has 1 saturated heterocycles. The van der Waals surface area contributed by atoms with E-state index in [0.717, 1.165) is 12.1 Å². The highest BCUT2D eigenvalue weighted by molar-refractivity contribution is 7.89. The van der Waals surface area contributed by atoms with E-state index in [9.17, 15) is 21.6 Å². The summed E-state index contributed by atoms with van der Waals surface area (Å²) in [4.78, 5) is -0.854. The van der Waals surface area contributed by atoms with Gasteiger partial charge in [0.05, 0.1) is 23.2 Å². The second-order valence-electron chi connectivity index (χ2n) is 4.69. The van der Waals surface area contributed by atoms with Gasteiger partial charge in [0.1, 0.15) is 0 Å². The molecule has 1 aromatic rings. The fraction of sp³-hybridized carbons (Fsp3) is 0.500. The molecule has 1 aliphatic rings. The van der Waals surface area contributed by atoms with E-state index in [0.29, 0.717) is 25.8 Å². The zero-order valence-corrected chi connectivity index (χ0v) is 12.9. The minimum Gasteiger partial charge on any atom is -0.374 e. The van der Waals surface area contributed by atoms with Gasteiger partial charge < -0.3 is 10.1 Å². The number of nitrogens with one attached hydrogen (secondary N) is 2. The topological polar surface area (TPSA) is 67.4 Å². The lowest BCUT2D eigenvalue weighted by Gasteiger charge is -2.24. The third-order valence-corrected chi connectivity index (χ3v) is 4.76. The van der Waals surface area contributed by atoms with E-state index in [1.165, 1.54) is 0 Å². The van der Waals surface area contributed by atoms with Crippen LogP contribution in [0.1, 0.15) is 5.56 Å². The van der Waals surface area contributed by atoms with Gasteiger partial charge in [-0.05, 0) is 18.2 Å². The lowest BCUT2D eigenvalue weighted by Crippen LogP contribution is -2.45. The van der Waals surface area contributed by atoms with E-state index in [2.05, 4.69) is 10.0 Å². The Bertz CT molecular complexity index is 631. The van der Waals surface area contributed by atoms with Crippen LogP contribution in [0.15, 0.2) is 23.1 Å². The number of rotatable bonds is 4. The smallest absolute Gasteiger partial charge is 0.374 e. The standard InChI is InChI=1S/C12H14ClF3N2O3S/c13-8-1-2-11(10(5-8)12(14,15)16)22(19,20)18-7-9-6-17-3-4-21-9/h1-2,5,9,17-18H,3-4,6-7H2. The Morgan fingerprint density at radius 1 is 1.41 bits per heavy atom. The summed E-state index contributed by atoms with van der Waals surface area (Å²) in [5.41, 5.74) is -1.30. The van der Waals surface area contributed by atoms with Gasteiger partial charge in [0, 0.05) is 24.7 Å². The van der Waals surface area contributed by atoms with Gasteiger partial charge in [-0.15, -0.1) is 0 Å². The van der Waals surface area contributed by atoms with Gasteiger partial charge in [0.25, 0.3) is 0 Å². The molecular formula is C12H14ClF3N2O3S. The summed E-state index contributed by atoms with van der Waals surface area (Å²) in [6, 6.07) is 2.53. The molecule has 1 atom stereocenters. The summed E-state index contributed by atoms with van der Waals surface area (Å²) < 4.78 is 70.6. The minimum atomic E-state index is -4.82. The number of hydrogen-bond acceptors (Lipinski definition) is 4. The summed E-state index contributed by atoms with van der Waals surface area (Å²) in [6.07, 6.45) is -5.25. The monoisotopic (exact) mass is 358 g/mol. The van der Waals surface area contributed by atoms with E-state index in [1.807, 2.05) is 0 Å². The average molecular weight is 359 g/mol. The SMILES string of the molecule is O=S(=O)(NCC1CNCCO1)c1ccc(Cl)cc1C(F)(F)F. The summed E-state index contributed by atoms with van der Waals surface area (Å²) in [6.45, 7) is 1.38. The molecule has 0 amide bonds. The Labute approximate surface area is 130 Å². The molecule has 5 nitrogen and oxygen atoms in total. The van der Waals surface area contributed by atoms with E-state index >= 15 is 0 Å². The number of halogens is 4. The number of sulfonamides is 1. The number of alkyl halides is 3. The summed E-state index contributed by atoms with van der Waals surface area (Å²) in [7, 11) is -4.33. The van der Waals surface area contributed by atoms with Crippen molar-refractivity contribution >= 4 is 21.6 Å². The first-order chi connectivity index (χ1) is 10.2. The van der Waals surface area contributed by atoms with Crippen molar-refractivity contribution in [3.8, 4) is 0 Å². The molecular weight excluding hydrogens is 345 g/mol. The number of morpholine rings is 1. The van der Waals surface area contributed by atoms with E-state index in [-0.39, 0.29) is 11.6 Å². The molecule has 2 N–H and O–H groups in total. The van der Waals surface area contributed by atoms with Gasteiger partial charge in [0.15, 0.2) is 0 Å². The molecule has 124 valence electrons. The second kappa shape index (κ2) is 6.71. The zero-order valence-electron chi connectivity index (χ0n) is 11.3. The normalized spacial score (nSPS) is 20.1. The highest BCUT2D eigenvalue weighted by Crippen LogP contribution is 2.35. The molecule has 0 spiro atoms. The highest BCUT2D eigenvalue weighted by Gasteiger charge is 2.37. The first-order valence-electron chi connectivity index (χ1n) is 6.39. The maximum absolute atomic E-state index is 13.0. The molecule has 10 heteroatoms. The molecule has 1 fully saturated rings. The van der Waals surface area contributed by atoms with Crippen LogP contribution >= 0.6 is 11.6 Å². The van der Waals surface area contributed by atoms with Crippen molar-refractivity contribution in [3.63, 3.8) is 0 Å². The molecule has 0 radical (unpaired) electrons. The summed E-state index contributed by atoms with van der Waals surface area (Å²) in [5.74, 6) is 0. The fourth-order valence-electron chi connectivity index (χ4n) is 1.99. The maximum Gasteiger partial charge on any atom is 0.417 e. The van der Waals surface area contributed by atoms with Gasteiger partial charge in [0.2, 0.25) is 10.0 Å². The molecule has 1 heterocycles. The van der Waals surface area contributed by atoms with Gasteiger partial charge in [-0.2, -0.15) is 13.2 Å². The van der Waals surface area contributed by atoms with Gasteiger partial charge in [-0.25, -0.2) is 13.1 Å². The van der Waals surface area contributed by atoms with Crippen molar-refractivity contribution < 1.29 is 26.3 Å². The van der Waals surface area contributed by atoms with Crippen LogP contribution in [0.2, 0.25) is 5.02 Å². The van der Waals surface area contributed by atoms with Crippen LogP contribution in [0.25, 0.3) is 0 Å². The largest absolute Gasteiger partial charge is 0.417 e. The molecule has 0 aromatic heterocycles. The van der Waals surface area contributed by atoms with Crippen LogP contribution < -0.4 is 10.0 Å². The van der Waals surface area contributed by atoms with Crippen molar-refractivity contribution in [1.29, 1.82) is 0 Å². The van der Waals surface area contributed by atoms with Crippen molar-refractivity contribution in [3.05, 3.63) is 28.8 Å². The van der Waals surface area contributed by atoms with Gasteiger partial charge >= 0.3 is 6.18 Å². The first-order valence-corrected chi connectivity index (χ1v) is 8.25. The lowest BCUT2D eigenvalue weighted by molar-refractivity contribution is -0.139. The lowest BCUT2D eigenvalue weighted by atomic mass is 10.2. The van der Waals surface area contributed by atoms with E-state index < -0.39 is 32.8 Å². The number of benzene rings is 1. The molecule has 1 aliphatic heterocycles. The Kier molecular flexibility index (Phi) is 5.33. The molecule has 0 aliphatic carbocycles. The van der Waals surface area contributed by atoms with Crippen LogP contribution in [0, 0.1) is 0 Å². The third-order valence-electron chi connectivity index (χ3n) is 3.04. The predicted octanol–water partition coefficient (Wildman–Crippen LogP) is 1.63. The zero-order chi connectivity index (χ0) is 16.4. The predicted molar refractivity (Wildman–Crippen MR) is 74.3 cm³/mol.